The summed E-state index contributed by atoms with van der Waals surface area (Å²) in [6.07, 6.45) is 0.824. The highest BCUT2D eigenvalue weighted by Gasteiger charge is 2.08. The number of para-hydroxylation sites is 1. The van der Waals surface area contributed by atoms with E-state index in [4.69, 9.17) is 0 Å². The zero-order valence-corrected chi connectivity index (χ0v) is 13.6. The molecule has 21 heavy (non-hydrogen) atoms. The summed E-state index contributed by atoms with van der Waals surface area (Å²) in [4.78, 5) is 11.9. The maximum Gasteiger partial charge on any atom is 0.239 e. The van der Waals surface area contributed by atoms with Gasteiger partial charge in [0.2, 0.25) is 5.91 Å². The molecule has 0 aliphatic carbocycles. The van der Waals surface area contributed by atoms with E-state index >= 15 is 0 Å². The minimum Gasteiger partial charge on any atom is -0.376 e. The fraction of sp³-hybridized carbons (Fsp3) is 0.235. The van der Waals surface area contributed by atoms with Crippen LogP contribution < -0.4 is 10.6 Å². The fourth-order valence-electron chi connectivity index (χ4n) is 2.09. The van der Waals surface area contributed by atoms with E-state index in [0.29, 0.717) is 0 Å². The van der Waals surface area contributed by atoms with Crippen LogP contribution in [-0.4, -0.2) is 18.5 Å². The predicted molar refractivity (Wildman–Crippen MR) is 90.4 cm³/mol. The highest BCUT2D eigenvalue weighted by Crippen LogP contribution is 2.11. The first-order valence-corrected chi connectivity index (χ1v) is 7.75. The number of nitrogens with one attached hydrogen (secondary N) is 2. The Bertz CT molecular complexity index is 569. The first kappa shape index (κ1) is 15.6. The first-order valence-electron chi connectivity index (χ1n) is 6.96. The number of hydrogen-bond donors (Lipinski definition) is 2. The minimum atomic E-state index is 0.00321. The molecule has 0 bridgehead atoms. The van der Waals surface area contributed by atoms with Gasteiger partial charge in [0.25, 0.3) is 0 Å². The summed E-state index contributed by atoms with van der Waals surface area (Å²) in [5, 5.41) is 6.10. The maximum absolute atomic E-state index is 11.9. The van der Waals surface area contributed by atoms with E-state index in [1.165, 1.54) is 5.56 Å². The van der Waals surface area contributed by atoms with Crippen LogP contribution in [0.1, 0.15) is 12.5 Å². The number of carbonyl (C=O) groups excluding carboxylic acids is 1. The largest absolute Gasteiger partial charge is 0.376 e. The Morgan fingerprint density at radius 1 is 1.10 bits per heavy atom. The first-order chi connectivity index (χ1) is 10.1. The molecule has 0 heterocycles. The van der Waals surface area contributed by atoms with Crippen molar-refractivity contribution in [3.05, 3.63) is 64.6 Å². The Kier molecular flexibility index (Phi) is 5.81. The van der Waals surface area contributed by atoms with Crippen molar-refractivity contribution in [2.75, 3.05) is 11.9 Å². The number of benzene rings is 2. The lowest BCUT2D eigenvalue weighted by atomic mass is 10.1. The highest BCUT2D eigenvalue weighted by atomic mass is 79.9. The summed E-state index contributed by atoms with van der Waals surface area (Å²) in [5.41, 5.74) is 2.16. The van der Waals surface area contributed by atoms with Gasteiger partial charge in [0.1, 0.15) is 0 Å². The molecule has 1 amide bonds. The highest BCUT2D eigenvalue weighted by molar-refractivity contribution is 9.10. The molecule has 0 aliphatic heterocycles. The smallest absolute Gasteiger partial charge is 0.239 e. The Morgan fingerprint density at radius 2 is 1.76 bits per heavy atom. The molecule has 0 saturated carbocycles. The summed E-state index contributed by atoms with van der Waals surface area (Å²) < 4.78 is 1.06. The van der Waals surface area contributed by atoms with Crippen LogP contribution in [0.15, 0.2) is 59.1 Å². The van der Waals surface area contributed by atoms with Crippen molar-refractivity contribution in [1.29, 1.82) is 0 Å². The van der Waals surface area contributed by atoms with Crippen LogP contribution in [0, 0.1) is 0 Å². The van der Waals surface area contributed by atoms with Crippen LogP contribution in [-0.2, 0) is 11.2 Å². The molecule has 110 valence electrons. The zero-order valence-electron chi connectivity index (χ0n) is 12.0. The second-order valence-electron chi connectivity index (χ2n) is 5.02. The molecule has 2 aromatic carbocycles. The number of rotatable bonds is 6. The Hall–Kier alpha value is -1.81. The number of amides is 1. The van der Waals surface area contributed by atoms with Gasteiger partial charge in [-0.05, 0) is 43.2 Å². The molecule has 0 fully saturated rings. The third kappa shape index (κ3) is 5.60. The molecule has 1 atom stereocenters. The van der Waals surface area contributed by atoms with Crippen LogP contribution in [0.5, 0.6) is 0 Å². The van der Waals surface area contributed by atoms with Crippen molar-refractivity contribution >= 4 is 27.5 Å². The molecule has 0 aromatic heterocycles. The lowest BCUT2D eigenvalue weighted by Crippen LogP contribution is -2.37. The van der Waals surface area contributed by atoms with Gasteiger partial charge in [-0.2, -0.15) is 0 Å². The monoisotopic (exact) mass is 346 g/mol. The molecule has 0 saturated heterocycles. The van der Waals surface area contributed by atoms with Gasteiger partial charge in [0.05, 0.1) is 6.54 Å². The number of halogens is 1. The maximum atomic E-state index is 11.9. The molecule has 0 aliphatic rings. The van der Waals surface area contributed by atoms with E-state index in [2.05, 4.69) is 38.7 Å². The normalized spacial score (nSPS) is 11.7. The van der Waals surface area contributed by atoms with Crippen molar-refractivity contribution in [3.8, 4) is 0 Å². The molecule has 2 aromatic rings. The quantitative estimate of drug-likeness (QED) is 0.838. The molecule has 3 nitrogen and oxygen atoms in total. The summed E-state index contributed by atoms with van der Waals surface area (Å²) in [6, 6.07) is 18.0. The Labute approximate surface area is 133 Å². The van der Waals surface area contributed by atoms with Gasteiger partial charge < -0.3 is 10.6 Å². The third-order valence-corrected chi connectivity index (χ3v) is 3.62. The zero-order chi connectivity index (χ0) is 15.1. The second-order valence-corrected chi connectivity index (χ2v) is 5.93. The Balaban J connectivity index is 1.75. The van der Waals surface area contributed by atoms with Gasteiger partial charge in [0, 0.05) is 16.2 Å². The van der Waals surface area contributed by atoms with E-state index < -0.39 is 0 Å². The van der Waals surface area contributed by atoms with E-state index in [-0.39, 0.29) is 18.5 Å². The lowest BCUT2D eigenvalue weighted by molar-refractivity contribution is -0.119. The average molecular weight is 347 g/mol. The van der Waals surface area contributed by atoms with Gasteiger partial charge >= 0.3 is 0 Å². The van der Waals surface area contributed by atoms with E-state index in [9.17, 15) is 4.79 Å². The van der Waals surface area contributed by atoms with Gasteiger partial charge in [-0.15, -0.1) is 0 Å². The lowest BCUT2D eigenvalue weighted by Gasteiger charge is -2.15. The summed E-state index contributed by atoms with van der Waals surface area (Å²) in [7, 11) is 0. The van der Waals surface area contributed by atoms with E-state index in [1.54, 1.807) is 0 Å². The minimum absolute atomic E-state index is 0.00321. The van der Waals surface area contributed by atoms with Crippen molar-refractivity contribution in [3.63, 3.8) is 0 Å². The number of hydrogen-bond acceptors (Lipinski definition) is 2. The van der Waals surface area contributed by atoms with Crippen molar-refractivity contribution in [2.45, 2.75) is 19.4 Å². The van der Waals surface area contributed by atoms with Crippen molar-refractivity contribution in [1.82, 2.24) is 5.32 Å². The molecule has 1 unspecified atom stereocenters. The fourth-order valence-corrected chi connectivity index (χ4v) is 2.35. The van der Waals surface area contributed by atoms with Crippen LogP contribution >= 0.6 is 15.9 Å². The van der Waals surface area contributed by atoms with Gasteiger partial charge in [-0.3, -0.25) is 4.79 Å². The standard InChI is InChI=1S/C17H19BrN2O/c1-13(11-14-7-9-15(18)10-8-14)20-17(21)12-19-16-5-3-2-4-6-16/h2-10,13,19H,11-12H2,1H3,(H,20,21). The van der Waals surface area contributed by atoms with Crippen LogP contribution in [0.2, 0.25) is 0 Å². The second kappa shape index (κ2) is 7.84. The molecule has 2 rings (SSSR count). The SMILES string of the molecule is CC(Cc1ccc(Br)cc1)NC(=O)CNc1ccccc1. The molecular formula is C17H19BrN2O. The predicted octanol–water partition coefficient (Wildman–Crippen LogP) is 3.61. The summed E-state index contributed by atoms with van der Waals surface area (Å²) in [5.74, 6) is 0.00321. The molecule has 2 N–H and O–H groups in total. The topological polar surface area (TPSA) is 41.1 Å². The molecule has 0 radical (unpaired) electrons. The molecule has 4 heteroatoms. The molecular weight excluding hydrogens is 328 g/mol. The summed E-state index contributed by atoms with van der Waals surface area (Å²) >= 11 is 3.42. The number of anilines is 1. The average Bonchev–Trinajstić information content (AvgIpc) is 2.48. The van der Waals surface area contributed by atoms with Crippen LogP contribution in [0.25, 0.3) is 0 Å². The van der Waals surface area contributed by atoms with Gasteiger partial charge in [-0.1, -0.05) is 46.3 Å². The third-order valence-electron chi connectivity index (χ3n) is 3.09. The Morgan fingerprint density at radius 3 is 2.43 bits per heavy atom. The van der Waals surface area contributed by atoms with Gasteiger partial charge in [0.15, 0.2) is 0 Å². The summed E-state index contributed by atoms with van der Waals surface area (Å²) in [6.45, 7) is 2.30. The van der Waals surface area contributed by atoms with Crippen molar-refractivity contribution < 1.29 is 4.79 Å². The van der Waals surface area contributed by atoms with Crippen molar-refractivity contribution in [2.24, 2.45) is 0 Å². The van der Waals surface area contributed by atoms with Crippen LogP contribution in [0.3, 0.4) is 0 Å². The van der Waals surface area contributed by atoms with E-state index in [1.807, 2.05) is 49.4 Å². The number of carbonyl (C=O) groups is 1. The van der Waals surface area contributed by atoms with Crippen LogP contribution in [0.4, 0.5) is 5.69 Å². The molecule has 0 spiro atoms. The van der Waals surface area contributed by atoms with Gasteiger partial charge in [-0.25, -0.2) is 0 Å². The van der Waals surface area contributed by atoms with E-state index in [0.717, 1.165) is 16.6 Å².